The van der Waals surface area contributed by atoms with Crippen molar-refractivity contribution in [1.29, 1.82) is 0 Å². The number of hydrogen-bond acceptors (Lipinski definition) is 4. The van der Waals surface area contributed by atoms with Crippen molar-refractivity contribution < 1.29 is 18.7 Å². The molecule has 0 bridgehead atoms. The molecule has 2 amide bonds. The Labute approximate surface area is 156 Å². The van der Waals surface area contributed by atoms with Crippen molar-refractivity contribution in [1.82, 2.24) is 0 Å². The Kier molecular flexibility index (Phi) is 3.91. The molecule has 0 spiro atoms. The molecule has 6 nitrogen and oxygen atoms in total. The second-order valence-electron chi connectivity index (χ2n) is 6.87. The largest absolute Gasteiger partial charge is 0.482 e. The molecule has 1 aromatic heterocycles. The van der Waals surface area contributed by atoms with Crippen LogP contribution in [-0.2, 0) is 4.79 Å². The Morgan fingerprint density at radius 1 is 1.11 bits per heavy atom. The zero-order chi connectivity index (χ0) is 19.3. The molecule has 0 unspecified atom stereocenters. The van der Waals surface area contributed by atoms with E-state index in [1.54, 1.807) is 25.2 Å². The third kappa shape index (κ3) is 2.83. The number of aryl methyl sites for hydroxylation is 3. The number of fused-ring (bicyclic) bond motifs is 2. The van der Waals surface area contributed by atoms with Gasteiger partial charge in [0.25, 0.3) is 11.8 Å². The molecule has 138 valence electrons. The lowest BCUT2D eigenvalue weighted by atomic mass is 10.0. The molecule has 0 saturated heterocycles. The second kappa shape index (κ2) is 6.16. The molecule has 1 aliphatic heterocycles. The Morgan fingerprint density at radius 3 is 2.63 bits per heavy atom. The van der Waals surface area contributed by atoms with Crippen LogP contribution in [0.25, 0.3) is 11.0 Å². The summed E-state index contributed by atoms with van der Waals surface area (Å²) in [6.07, 6.45) is 0. The molecule has 2 aromatic carbocycles. The fourth-order valence-corrected chi connectivity index (χ4v) is 3.23. The molecule has 0 radical (unpaired) electrons. The minimum absolute atomic E-state index is 0.0201. The van der Waals surface area contributed by atoms with Crippen LogP contribution in [0.1, 0.15) is 27.2 Å². The number of nitrogens with one attached hydrogen (secondary N) is 1. The standard InChI is InChI=1S/C21H20N2O4/c1-11-7-15-13(3)20(27-18(15)8-12(11)2)21(25)22-14-5-6-17-16(9-14)23(4)19(24)10-26-17/h5-9H,10H2,1-4H3,(H,22,25). The Morgan fingerprint density at radius 2 is 1.85 bits per heavy atom. The number of hydrogen-bond donors (Lipinski definition) is 1. The average Bonchev–Trinajstić information content (AvgIpc) is 2.95. The first-order chi connectivity index (χ1) is 12.8. The molecular weight excluding hydrogens is 344 g/mol. The zero-order valence-corrected chi connectivity index (χ0v) is 15.7. The van der Waals surface area contributed by atoms with Crippen LogP contribution in [-0.4, -0.2) is 25.5 Å². The molecule has 4 rings (SSSR count). The summed E-state index contributed by atoms with van der Waals surface area (Å²) in [4.78, 5) is 26.1. The first-order valence-corrected chi connectivity index (χ1v) is 8.70. The summed E-state index contributed by atoms with van der Waals surface area (Å²) in [6.45, 7) is 5.95. The van der Waals surface area contributed by atoms with Crippen LogP contribution in [0, 0.1) is 20.8 Å². The van der Waals surface area contributed by atoms with Gasteiger partial charge in [-0.15, -0.1) is 0 Å². The van der Waals surface area contributed by atoms with Crippen molar-refractivity contribution in [2.75, 3.05) is 23.9 Å². The number of nitrogens with zero attached hydrogens (tertiary/aromatic N) is 1. The highest BCUT2D eigenvalue weighted by molar-refractivity contribution is 6.07. The average molecular weight is 364 g/mol. The van der Waals surface area contributed by atoms with Crippen molar-refractivity contribution >= 4 is 34.2 Å². The molecule has 0 fully saturated rings. The molecule has 0 saturated carbocycles. The van der Waals surface area contributed by atoms with E-state index < -0.39 is 0 Å². The van der Waals surface area contributed by atoms with Crippen molar-refractivity contribution in [2.45, 2.75) is 20.8 Å². The number of amides is 2. The fourth-order valence-electron chi connectivity index (χ4n) is 3.23. The Bertz CT molecular complexity index is 1100. The number of anilines is 2. The van der Waals surface area contributed by atoms with Crippen LogP contribution < -0.4 is 15.0 Å². The van der Waals surface area contributed by atoms with E-state index in [4.69, 9.17) is 9.15 Å². The van der Waals surface area contributed by atoms with Gasteiger partial charge in [0, 0.05) is 23.7 Å². The topological polar surface area (TPSA) is 71.8 Å². The number of furan rings is 1. The van der Waals surface area contributed by atoms with Crippen molar-refractivity contribution in [3.63, 3.8) is 0 Å². The molecule has 2 heterocycles. The van der Waals surface area contributed by atoms with E-state index in [0.29, 0.717) is 22.7 Å². The van der Waals surface area contributed by atoms with Crippen LogP contribution in [0.15, 0.2) is 34.7 Å². The summed E-state index contributed by atoms with van der Waals surface area (Å²) >= 11 is 0. The van der Waals surface area contributed by atoms with Gasteiger partial charge in [0.1, 0.15) is 11.3 Å². The number of carbonyl (C=O) groups excluding carboxylic acids is 2. The lowest BCUT2D eigenvalue weighted by molar-refractivity contribution is -0.120. The third-order valence-corrected chi connectivity index (χ3v) is 5.06. The Hall–Kier alpha value is -3.28. The van der Waals surface area contributed by atoms with Gasteiger partial charge in [-0.05, 0) is 62.2 Å². The zero-order valence-electron chi connectivity index (χ0n) is 15.7. The quantitative estimate of drug-likeness (QED) is 0.747. The van der Waals surface area contributed by atoms with Crippen LogP contribution in [0.5, 0.6) is 5.75 Å². The van der Waals surface area contributed by atoms with Crippen LogP contribution in [0.4, 0.5) is 11.4 Å². The van der Waals surface area contributed by atoms with Gasteiger partial charge in [0.05, 0.1) is 5.69 Å². The van der Waals surface area contributed by atoms with Gasteiger partial charge >= 0.3 is 0 Å². The highest BCUT2D eigenvalue weighted by atomic mass is 16.5. The maximum absolute atomic E-state index is 12.8. The maximum atomic E-state index is 12.8. The summed E-state index contributed by atoms with van der Waals surface area (Å²) in [5.74, 6) is 0.434. The van der Waals surface area contributed by atoms with E-state index in [-0.39, 0.29) is 24.2 Å². The third-order valence-electron chi connectivity index (χ3n) is 5.06. The van der Waals surface area contributed by atoms with Gasteiger partial charge in [-0.1, -0.05) is 0 Å². The van der Waals surface area contributed by atoms with Crippen molar-refractivity contribution in [3.05, 3.63) is 52.8 Å². The second-order valence-corrected chi connectivity index (χ2v) is 6.87. The van der Waals surface area contributed by atoms with Crippen LogP contribution in [0.3, 0.4) is 0 Å². The SMILES string of the molecule is Cc1cc2oc(C(=O)Nc3ccc4c(c3)N(C)C(=O)CO4)c(C)c2cc1C. The van der Waals surface area contributed by atoms with Crippen LogP contribution in [0.2, 0.25) is 0 Å². The van der Waals surface area contributed by atoms with E-state index in [1.165, 1.54) is 4.90 Å². The predicted molar refractivity (Wildman–Crippen MR) is 104 cm³/mol. The number of benzene rings is 2. The Balaban J connectivity index is 1.66. The highest BCUT2D eigenvalue weighted by Crippen LogP contribution is 2.34. The first kappa shape index (κ1) is 17.1. The lowest BCUT2D eigenvalue weighted by Gasteiger charge is -2.26. The highest BCUT2D eigenvalue weighted by Gasteiger charge is 2.23. The number of ether oxygens (including phenoxy) is 1. The minimum atomic E-state index is -0.329. The van der Waals surface area contributed by atoms with E-state index in [2.05, 4.69) is 5.32 Å². The molecule has 6 heteroatoms. The molecule has 1 aliphatic rings. The number of rotatable bonds is 2. The summed E-state index contributed by atoms with van der Waals surface area (Å²) in [6, 6.07) is 9.19. The number of carbonyl (C=O) groups is 2. The number of likely N-dealkylation sites (N-methyl/N-ethyl adjacent to an activating group) is 1. The van der Waals surface area contributed by atoms with Crippen LogP contribution >= 0.6 is 0 Å². The minimum Gasteiger partial charge on any atom is -0.482 e. The fraction of sp³-hybridized carbons (Fsp3) is 0.238. The van der Waals surface area contributed by atoms with Gasteiger partial charge in [-0.25, -0.2) is 0 Å². The van der Waals surface area contributed by atoms with Gasteiger partial charge < -0.3 is 19.4 Å². The smallest absolute Gasteiger partial charge is 0.291 e. The molecule has 0 atom stereocenters. The van der Waals surface area contributed by atoms with E-state index >= 15 is 0 Å². The molecule has 0 aliphatic carbocycles. The van der Waals surface area contributed by atoms with Gasteiger partial charge in [0.2, 0.25) is 0 Å². The van der Waals surface area contributed by atoms with Gasteiger partial charge in [-0.2, -0.15) is 0 Å². The summed E-state index contributed by atoms with van der Waals surface area (Å²) < 4.78 is 11.2. The van der Waals surface area contributed by atoms with E-state index in [9.17, 15) is 9.59 Å². The predicted octanol–water partition coefficient (Wildman–Crippen LogP) is 3.97. The van der Waals surface area contributed by atoms with E-state index in [0.717, 1.165) is 22.1 Å². The summed E-state index contributed by atoms with van der Waals surface area (Å²) in [5, 5.41) is 3.79. The first-order valence-electron chi connectivity index (χ1n) is 8.70. The van der Waals surface area contributed by atoms with Gasteiger partial charge in [-0.3, -0.25) is 9.59 Å². The van der Waals surface area contributed by atoms with Crippen molar-refractivity contribution in [2.24, 2.45) is 0 Å². The molecule has 3 aromatic rings. The van der Waals surface area contributed by atoms with Gasteiger partial charge in [0.15, 0.2) is 12.4 Å². The molecule has 1 N–H and O–H groups in total. The van der Waals surface area contributed by atoms with Crippen molar-refractivity contribution in [3.8, 4) is 5.75 Å². The summed E-state index contributed by atoms with van der Waals surface area (Å²) in [7, 11) is 1.68. The molecular formula is C21H20N2O4. The normalized spacial score (nSPS) is 13.5. The monoisotopic (exact) mass is 364 g/mol. The van der Waals surface area contributed by atoms with E-state index in [1.807, 2.05) is 32.9 Å². The summed E-state index contributed by atoms with van der Waals surface area (Å²) in [5.41, 5.74) is 4.96. The molecule has 27 heavy (non-hydrogen) atoms. The maximum Gasteiger partial charge on any atom is 0.291 e. The lowest BCUT2D eigenvalue weighted by Crippen LogP contribution is -2.35.